The van der Waals surface area contributed by atoms with Crippen molar-refractivity contribution >= 4 is 5.82 Å². The number of anilines is 1. The van der Waals surface area contributed by atoms with Gasteiger partial charge in [0.1, 0.15) is 5.82 Å². The van der Waals surface area contributed by atoms with Gasteiger partial charge in [-0.3, -0.25) is 0 Å². The Kier molecular flexibility index (Phi) is 3.42. The largest absolute Gasteiger partial charge is 0.370 e. The highest BCUT2D eigenvalue weighted by atomic mass is 15.3. The van der Waals surface area contributed by atoms with Crippen LogP contribution >= 0.6 is 0 Å². The van der Waals surface area contributed by atoms with Crippen molar-refractivity contribution in [1.29, 1.82) is 0 Å². The summed E-state index contributed by atoms with van der Waals surface area (Å²) in [6.07, 6.45) is 1.95. The zero-order chi connectivity index (χ0) is 12.3. The second-order valence-corrected chi connectivity index (χ2v) is 4.25. The fraction of sp³-hybridized carbons (Fsp3) is 0.385. The van der Waals surface area contributed by atoms with Gasteiger partial charge in [-0.05, 0) is 31.0 Å². The van der Waals surface area contributed by atoms with Gasteiger partial charge in [-0.1, -0.05) is 19.9 Å². The zero-order valence-electron chi connectivity index (χ0n) is 10.5. The summed E-state index contributed by atoms with van der Waals surface area (Å²) in [5.41, 5.74) is 1.08. The number of aromatic nitrogens is 3. The Bertz CT molecular complexity index is 488. The summed E-state index contributed by atoms with van der Waals surface area (Å²) in [5, 5.41) is 7.70. The highest BCUT2D eigenvalue weighted by molar-refractivity contribution is 5.39. The zero-order valence-corrected chi connectivity index (χ0v) is 10.5. The van der Waals surface area contributed by atoms with E-state index in [4.69, 9.17) is 0 Å². The van der Waals surface area contributed by atoms with Crippen LogP contribution in [-0.4, -0.2) is 21.3 Å². The molecule has 4 nitrogen and oxygen atoms in total. The van der Waals surface area contributed by atoms with E-state index in [0.29, 0.717) is 5.92 Å². The minimum atomic E-state index is 0.438. The van der Waals surface area contributed by atoms with E-state index < -0.39 is 0 Å². The molecule has 0 aromatic carbocycles. The van der Waals surface area contributed by atoms with Gasteiger partial charge in [0.15, 0.2) is 5.82 Å². The Morgan fingerprint density at radius 1 is 1.29 bits per heavy atom. The third kappa shape index (κ3) is 2.64. The highest BCUT2D eigenvalue weighted by Gasteiger charge is 2.05. The van der Waals surface area contributed by atoms with Crippen molar-refractivity contribution in [3.05, 3.63) is 36.2 Å². The number of hydrogen-bond donors (Lipinski definition) is 1. The molecule has 2 aromatic heterocycles. The van der Waals surface area contributed by atoms with Crippen LogP contribution in [0.5, 0.6) is 0 Å². The molecule has 0 aliphatic carbocycles. The first-order valence-electron chi connectivity index (χ1n) is 5.97. The summed E-state index contributed by atoms with van der Waals surface area (Å²) >= 11 is 0. The number of nitrogens with one attached hydrogen (secondary N) is 1. The molecule has 0 spiro atoms. The van der Waals surface area contributed by atoms with Gasteiger partial charge in [-0.25, -0.2) is 9.67 Å². The standard InChI is InChI=1S/C13H18N4/c1-4-14-12-6-5-7-13(15-12)17-9-8-11(16-17)10(2)3/h5-10H,4H2,1-3H3,(H,14,15). The second-order valence-electron chi connectivity index (χ2n) is 4.25. The molecule has 0 aliphatic rings. The Morgan fingerprint density at radius 3 is 2.76 bits per heavy atom. The predicted octanol–water partition coefficient (Wildman–Crippen LogP) is 2.82. The molecule has 1 N–H and O–H groups in total. The second kappa shape index (κ2) is 4.99. The van der Waals surface area contributed by atoms with Crippen LogP contribution in [0.2, 0.25) is 0 Å². The van der Waals surface area contributed by atoms with Crippen molar-refractivity contribution in [1.82, 2.24) is 14.8 Å². The third-order valence-electron chi connectivity index (χ3n) is 2.53. The molecule has 0 atom stereocenters. The average molecular weight is 230 g/mol. The molecular formula is C13H18N4. The SMILES string of the molecule is CCNc1cccc(-n2ccc(C(C)C)n2)n1. The van der Waals surface area contributed by atoms with Gasteiger partial charge in [0.2, 0.25) is 0 Å². The van der Waals surface area contributed by atoms with Gasteiger partial charge in [0.25, 0.3) is 0 Å². The Balaban J connectivity index is 2.28. The predicted molar refractivity (Wildman–Crippen MR) is 69.6 cm³/mol. The van der Waals surface area contributed by atoms with Crippen LogP contribution in [0.25, 0.3) is 5.82 Å². The molecule has 0 radical (unpaired) electrons. The lowest BCUT2D eigenvalue weighted by molar-refractivity contribution is 0.758. The van der Waals surface area contributed by atoms with Crippen LogP contribution in [0.4, 0.5) is 5.82 Å². The number of hydrogen-bond acceptors (Lipinski definition) is 3. The van der Waals surface area contributed by atoms with Gasteiger partial charge in [0, 0.05) is 12.7 Å². The number of pyridine rings is 1. The topological polar surface area (TPSA) is 42.7 Å². The van der Waals surface area contributed by atoms with Crippen LogP contribution in [0.3, 0.4) is 0 Å². The Morgan fingerprint density at radius 2 is 2.12 bits per heavy atom. The number of rotatable bonds is 4. The first kappa shape index (κ1) is 11.6. The first-order chi connectivity index (χ1) is 8.20. The van der Waals surface area contributed by atoms with Gasteiger partial charge in [-0.15, -0.1) is 0 Å². The van der Waals surface area contributed by atoms with Crippen molar-refractivity contribution in [2.24, 2.45) is 0 Å². The van der Waals surface area contributed by atoms with E-state index in [-0.39, 0.29) is 0 Å². The monoisotopic (exact) mass is 230 g/mol. The minimum Gasteiger partial charge on any atom is -0.370 e. The van der Waals surface area contributed by atoms with Crippen molar-refractivity contribution in [3.8, 4) is 5.82 Å². The maximum Gasteiger partial charge on any atom is 0.155 e. The normalized spacial score (nSPS) is 10.8. The van der Waals surface area contributed by atoms with Gasteiger partial charge < -0.3 is 5.32 Å². The summed E-state index contributed by atoms with van der Waals surface area (Å²) < 4.78 is 1.82. The smallest absolute Gasteiger partial charge is 0.155 e. The molecule has 90 valence electrons. The Hall–Kier alpha value is -1.84. The molecule has 0 aliphatic heterocycles. The molecule has 4 heteroatoms. The quantitative estimate of drug-likeness (QED) is 0.878. The van der Waals surface area contributed by atoms with Crippen molar-refractivity contribution < 1.29 is 0 Å². The molecule has 0 saturated heterocycles. The molecule has 0 bridgehead atoms. The van der Waals surface area contributed by atoms with Crippen molar-refractivity contribution in [2.75, 3.05) is 11.9 Å². The third-order valence-corrected chi connectivity index (χ3v) is 2.53. The molecule has 0 saturated carbocycles. The molecule has 2 aromatic rings. The van der Waals surface area contributed by atoms with Crippen LogP contribution in [0.15, 0.2) is 30.5 Å². The van der Waals surface area contributed by atoms with Gasteiger partial charge in [0.05, 0.1) is 5.69 Å². The van der Waals surface area contributed by atoms with Crippen molar-refractivity contribution in [2.45, 2.75) is 26.7 Å². The molecular weight excluding hydrogens is 212 g/mol. The molecule has 0 fully saturated rings. The maximum absolute atomic E-state index is 4.51. The minimum absolute atomic E-state index is 0.438. The maximum atomic E-state index is 4.51. The summed E-state index contributed by atoms with van der Waals surface area (Å²) in [5.74, 6) is 2.16. The Labute approximate surface area is 102 Å². The van der Waals surface area contributed by atoms with Crippen molar-refractivity contribution in [3.63, 3.8) is 0 Å². The fourth-order valence-electron chi connectivity index (χ4n) is 1.60. The molecule has 0 amide bonds. The lowest BCUT2D eigenvalue weighted by Crippen LogP contribution is -2.04. The fourth-order valence-corrected chi connectivity index (χ4v) is 1.60. The molecule has 2 heterocycles. The number of nitrogens with zero attached hydrogens (tertiary/aromatic N) is 3. The van der Waals surface area contributed by atoms with Crippen LogP contribution in [0, 0.1) is 0 Å². The lowest BCUT2D eigenvalue weighted by atomic mass is 10.1. The summed E-state index contributed by atoms with van der Waals surface area (Å²) in [6, 6.07) is 7.93. The van der Waals surface area contributed by atoms with E-state index >= 15 is 0 Å². The molecule has 0 unspecified atom stereocenters. The van der Waals surface area contributed by atoms with E-state index in [1.165, 1.54) is 0 Å². The van der Waals surface area contributed by atoms with E-state index in [0.717, 1.165) is 23.9 Å². The van der Waals surface area contributed by atoms with Gasteiger partial charge in [-0.2, -0.15) is 5.10 Å². The van der Waals surface area contributed by atoms with E-state index in [2.05, 4.69) is 36.2 Å². The average Bonchev–Trinajstić information content (AvgIpc) is 2.79. The summed E-state index contributed by atoms with van der Waals surface area (Å²) in [4.78, 5) is 4.49. The lowest BCUT2D eigenvalue weighted by Gasteiger charge is -2.05. The van der Waals surface area contributed by atoms with Crippen LogP contribution in [-0.2, 0) is 0 Å². The van der Waals surface area contributed by atoms with E-state index in [1.807, 2.05) is 35.1 Å². The van der Waals surface area contributed by atoms with Crippen LogP contribution in [0.1, 0.15) is 32.4 Å². The highest BCUT2D eigenvalue weighted by Crippen LogP contribution is 2.14. The molecule has 17 heavy (non-hydrogen) atoms. The van der Waals surface area contributed by atoms with E-state index in [9.17, 15) is 0 Å². The first-order valence-corrected chi connectivity index (χ1v) is 5.97. The summed E-state index contributed by atoms with van der Waals surface area (Å²) in [7, 11) is 0. The molecule has 2 rings (SSSR count). The van der Waals surface area contributed by atoms with Gasteiger partial charge >= 0.3 is 0 Å². The van der Waals surface area contributed by atoms with Crippen LogP contribution < -0.4 is 5.32 Å². The van der Waals surface area contributed by atoms with E-state index in [1.54, 1.807) is 0 Å². The summed E-state index contributed by atoms with van der Waals surface area (Å²) in [6.45, 7) is 7.19.